The molecule has 0 aliphatic heterocycles. The van der Waals surface area contributed by atoms with Gasteiger partial charge in [-0.2, -0.15) is 9.41 Å². The molecule has 0 atom stereocenters. The van der Waals surface area contributed by atoms with E-state index in [2.05, 4.69) is 10.5 Å². The van der Waals surface area contributed by atoms with Crippen molar-refractivity contribution in [2.45, 2.75) is 18.7 Å². The number of nitrogens with one attached hydrogen (secondary N) is 1. The van der Waals surface area contributed by atoms with Crippen molar-refractivity contribution in [3.8, 4) is 0 Å². The molecule has 1 N–H and O–H groups in total. The fourth-order valence-electron chi connectivity index (χ4n) is 2.38. The lowest BCUT2D eigenvalue weighted by Crippen LogP contribution is -2.31. The Labute approximate surface area is 156 Å². The largest absolute Gasteiger partial charge is 0.277 e. The minimum Gasteiger partial charge on any atom is -0.277 e. The second kappa shape index (κ2) is 8.69. The first-order valence-corrected chi connectivity index (χ1v) is 9.57. The highest BCUT2D eigenvalue weighted by atomic mass is 32.2. The maximum atomic E-state index is 13.6. The van der Waals surface area contributed by atoms with Crippen molar-refractivity contribution >= 4 is 27.6 Å². The smallest absolute Gasteiger partial charge is 0.270 e. The van der Waals surface area contributed by atoms with Crippen molar-refractivity contribution in [2.24, 2.45) is 5.10 Å². The number of sulfonamides is 1. The zero-order valence-corrected chi connectivity index (χ0v) is 15.6. The molecule has 0 spiro atoms. The molecule has 27 heavy (non-hydrogen) atoms. The van der Waals surface area contributed by atoms with E-state index in [1.165, 1.54) is 40.9 Å². The summed E-state index contributed by atoms with van der Waals surface area (Å²) in [4.78, 5) is 10.1. The number of nitrogens with zero attached hydrogens (tertiary/aromatic N) is 3. The van der Waals surface area contributed by atoms with Gasteiger partial charge in [-0.1, -0.05) is 32.0 Å². The van der Waals surface area contributed by atoms with E-state index in [1.807, 2.05) is 0 Å². The Bertz CT molecular complexity index is 959. The van der Waals surface area contributed by atoms with Crippen LogP contribution in [-0.2, 0) is 10.0 Å². The molecule has 2 aromatic carbocycles. The molecule has 0 saturated carbocycles. The number of nitro groups is 1. The molecule has 0 fully saturated rings. The van der Waals surface area contributed by atoms with Crippen molar-refractivity contribution in [3.63, 3.8) is 0 Å². The lowest BCUT2D eigenvalue weighted by atomic mass is 10.2. The highest BCUT2D eigenvalue weighted by Crippen LogP contribution is 2.29. The van der Waals surface area contributed by atoms with Gasteiger partial charge in [0.15, 0.2) is 0 Å². The lowest BCUT2D eigenvalue weighted by Gasteiger charge is -2.20. The average Bonchev–Trinajstić information content (AvgIpc) is 2.64. The molecule has 10 heteroatoms. The molecule has 0 aliphatic carbocycles. The first-order valence-electron chi connectivity index (χ1n) is 8.13. The van der Waals surface area contributed by atoms with Crippen LogP contribution in [0.4, 0.5) is 15.8 Å². The molecule has 0 saturated heterocycles. The van der Waals surface area contributed by atoms with E-state index < -0.39 is 20.8 Å². The molecule has 2 rings (SSSR count). The molecule has 0 unspecified atom stereocenters. The first-order chi connectivity index (χ1) is 12.8. The quantitative estimate of drug-likeness (QED) is 0.420. The summed E-state index contributed by atoms with van der Waals surface area (Å²) < 4.78 is 40.5. The number of hydrogen-bond acceptors (Lipinski definition) is 6. The molecule has 2 aromatic rings. The highest BCUT2D eigenvalue weighted by molar-refractivity contribution is 7.89. The molecule has 8 nitrogen and oxygen atoms in total. The Balaban J connectivity index is 2.44. The summed E-state index contributed by atoms with van der Waals surface area (Å²) in [5.74, 6) is -0.484. The van der Waals surface area contributed by atoms with Crippen LogP contribution < -0.4 is 5.43 Å². The van der Waals surface area contributed by atoms with Crippen molar-refractivity contribution in [2.75, 3.05) is 18.5 Å². The fraction of sp³-hybridized carbons (Fsp3) is 0.235. The average molecular weight is 394 g/mol. The molecule has 0 bridgehead atoms. The number of hydrogen-bond donors (Lipinski definition) is 1. The maximum absolute atomic E-state index is 13.6. The van der Waals surface area contributed by atoms with Gasteiger partial charge in [0.25, 0.3) is 5.69 Å². The second-order valence-corrected chi connectivity index (χ2v) is 7.32. The normalized spacial score (nSPS) is 11.9. The second-order valence-electron chi connectivity index (χ2n) is 5.42. The molecule has 0 amide bonds. The van der Waals surface area contributed by atoms with Gasteiger partial charge in [0.2, 0.25) is 10.0 Å². The van der Waals surface area contributed by atoms with Crippen molar-refractivity contribution < 1.29 is 17.7 Å². The van der Waals surface area contributed by atoms with Crippen LogP contribution in [0.15, 0.2) is 52.5 Å². The van der Waals surface area contributed by atoms with E-state index in [0.29, 0.717) is 0 Å². The lowest BCUT2D eigenvalue weighted by molar-refractivity contribution is -0.385. The van der Waals surface area contributed by atoms with Gasteiger partial charge in [-0.15, -0.1) is 0 Å². The molecule has 0 radical (unpaired) electrons. The SMILES string of the molecule is CCN(CC)S(=O)(=O)c1cc([N+](=O)[O-])ccc1N/N=C\c1ccccc1F. The van der Waals surface area contributed by atoms with Crippen molar-refractivity contribution in [3.05, 3.63) is 64.0 Å². The minimum absolute atomic E-state index is 0.0556. The van der Waals surface area contributed by atoms with E-state index >= 15 is 0 Å². The van der Waals surface area contributed by atoms with E-state index in [0.717, 1.165) is 6.07 Å². The predicted molar refractivity (Wildman–Crippen MR) is 101 cm³/mol. The van der Waals surface area contributed by atoms with Crippen LogP contribution in [0, 0.1) is 15.9 Å². The van der Waals surface area contributed by atoms with E-state index in [9.17, 15) is 22.9 Å². The van der Waals surface area contributed by atoms with Crippen LogP contribution in [0.5, 0.6) is 0 Å². The summed E-state index contributed by atoms with van der Waals surface area (Å²) >= 11 is 0. The number of nitro benzene ring substituents is 1. The van der Waals surface area contributed by atoms with Crippen molar-refractivity contribution in [1.82, 2.24) is 4.31 Å². The van der Waals surface area contributed by atoms with Crippen LogP contribution in [-0.4, -0.2) is 37.0 Å². The standard InChI is InChI=1S/C17H19FN4O4S/c1-3-21(4-2)27(25,26)17-11-14(22(23)24)9-10-16(17)20-19-12-13-7-5-6-8-15(13)18/h5-12,20H,3-4H2,1-2H3/b19-12-. The number of anilines is 1. The molecular formula is C17H19FN4O4S. The molecule has 0 aliphatic rings. The van der Waals surface area contributed by atoms with Gasteiger partial charge in [-0.05, 0) is 12.1 Å². The minimum atomic E-state index is -3.97. The van der Waals surface area contributed by atoms with Crippen LogP contribution in [0.1, 0.15) is 19.4 Å². The summed E-state index contributed by atoms with van der Waals surface area (Å²) in [6.45, 7) is 3.75. The predicted octanol–water partition coefficient (Wildman–Crippen LogP) is 3.21. The summed E-state index contributed by atoms with van der Waals surface area (Å²) in [6, 6.07) is 9.34. The van der Waals surface area contributed by atoms with Gasteiger partial charge in [0.05, 0.1) is 16.8 Å². The Morgan fingerprint density at radius 3 is 2.48 bits per heavy atom. The van der Waals surface area contributed by atoms with Gasteiger partial charge in [-0.25, -0.2) is 12.8 Å². The maximum Gasteiger partial charge on any atom is 0.270 e. The van der Waals surface area contributed by atoms with Gasteiger partial charge < -0.3 is 0 Å². The van der Waals surface area contributed by atoms with Gasteiger partial charge in [0.1, 0.15) is 10.7 Å². The van der Waals surface area contributed by atoms with Crippen LogP contribution in [0.2, 0.25) is 0 Å². The number of rotatable bonds is 8. The molecule has 144 valence electrons. The van der Waals surface area contributed by atoms with E-state index in [1.54, 1.807) is 19.9 Å². The number of non-ortho nitro benzene ring substituents is 1. The van der Waals surface area contributed by atoms with E-state index in [-0.39, 0.29) is 34.9 Å². The summed E-state index contributed by atoms with van der Waals surface area (Å²) in [6.07, 6.45) is 1.20. The summed E-state index contributed by atoms with van der Waals surface area (Å²) in [5, 5.41) is 14.9. The zero-order chi connectivity index (χ0) is 20.0. The van der Waals surface area contributed by atoms with E-state index in [4.69, 9.17) is 0 Å². The zero-order valence-electron chi connectivity index (χ0n) is 14.8. The third-order valence-corrected chi connectivity index (χ3v) is 5.88. The Hall–Kier alpha value is -2.85. The summed E-state index contributed by atoms with van der Waals surface area (Å²) in [7, 11) is -3.97. The number of halogens is 1. The molecular weight excluding hydrogens is 375 g/mol. The van der Waals surface area contributed by atoms with Gasteiger partial charge in [-0.3, -0.25) is 15.5 Å². The topological polar surface area (TPSA) is 105 Å². The third kappa shape index (κ3) is 4.66. The van der Waals surface area contributed by atoms with Crippen molar-refractivity contribution in [1.29, 1.82) is 0 Å². The molecule has 0 aromatic heterocycles. The highest BCUT2D eigenvalue weighted by Gasteiger charge is 2.27. The summed E-state index contributed by atoms with van der Waals surface area (Å²) in [5.41, 5.74) is 2.45. The van der Waals surface area contributed by atoms with Gasteiger partial charge in [0, 0.05) is 30.8 Å². The molecule has 0 heterocycles. The Morgan fingerprint density at radius 2 is 1.89 bits per heavy atom. The van der Waals surface area contributed by atoms with Crippen LogP contribution >= 0.6 is 0 Å². The Morgan fingerprint density at radius 1 is 1.22 bits per heavy atom. The number of hydrazone groups is 1. The monoisotopic (exact) mass is 394 g/mol. The third-order valence-electron chi connectivity index (χ3n) is 3.79. The fourth-order valence-corrected chi connectivity index (χ4v) is 4.00. The van der Waals surface area contributed by atoms with Crippen LogP contribution in [0.3, 0.4) is 0 Å². The van der Waals surface area contributed by atoms with Gasteiger partial charge >= 0.3 is 0 Å². The number of benzene rings is 2. The first kappa shape index (κ1) is 20.5. The van der Waals surface area contributed by atoms with Crippen LogP contribution in [0.25, 0.3) is 0 Å². The Kier molecular flexibility index (Phi) is 6.59.